The SMILES string of the molecule is C[C@H]1CN(S(=O)(=O)c2cn(C)cn2)Cc2nnc(-c3cnn(C)c3)n21. The first-order valence-corrected chi connectivity index (χ1v) is 9.21. The summed E-state index contributed by atoms with van der Waals surface area (Å²) < 4.78 is 32.3. The van der Waals surface area contributed by atoms with Gasteiger partial charge in [0.15, 0.2) is 10.9 Å². The van der Waals surface area contributed by atoms with E-state index in [1.807, 2.05) is 24.7 Å². The number of nitrogens with zero attached hydrogens (tertiary/aromatic N) is 8. The van der Waals surface area contributed by atoms with Crippen LogP contribution in [-0.4, -0.2) is 53.4 Å². The summed E-state index contributed by atoms with van der Waals surface area (Å²) >= 11 is 0. The quantitative estimate of drug-likeness (QED) is 0.658. The summed E-state index contributed by atoms with van der Waals surface area (Å²) in [5.74, 6) is 1.31. The second kappa shape index (κ2) is 5.49. The Labute approximate surface area is 144 Å². The van der Waals surface area contributed by atoms with E-state index in [-0.39, 0.29) is 17.6 Å². The Morgan fingerprint density at radius 1 is 1.20 bits per heavy atom. The normalized spacial score (nSPS) is 18.4. The Morgan fingerprint density at radius 3 is 2.64 bits per heavy atom. The predicted molar refractivity (Wildman–Crippen MR) is 87.7 cm³/mol. The average Bonchev–Trinajstić information content (AvgIpc) is 3.26. The molecule has 11 heteroatoms. The molecule has 10 nitrogen and oxygen atoms in total. The molecule has 0 N–H and O–H groups in total. The standard InChI is InChI=1S/C14H18N8O2S/c1-10-5-21(25(23,24)13-8-19(2)9-15-13)7-12-17-18-14(22(10)12)11-4-16-20(3)6-11/h4,6,8-10H,5,7H2,1-3H3/t10-/m0/s1. The van der Waals surface area contributed by atoms with Crippen LogP contribution < -0.4 is 0 Å². The first-order valence-electron chi connectivity index (χ1n) is 7.77. The van der Waals surface area contributed by atoms with Crippen LogP contribution in [0.3, 0.4) is 0 Å². The van der Waals surface area contributed by atoms with Gasteiger partial charge in [0.2, 0.25) is 0 Å². The van der Waals surface area contributed by atoms with E-state index in [4.69, 9.17) is 0 Å². The molecule has 0 saturated carbocycles. The maximum absolute atomic E-state index is 12.8. The fourth-order valence-corrected chi connectivity index (χ4v) is 4.51. The van der Waals surface area contributed by atoms with Crippen molar-refractivity contribution in [3.05, 3.63) is 30.7 Å². The van der Waals surface area contributed by atoms with E-state index in [0.29, 0.717) is 18.2 Å². The lowest BCUT2D eigenvalue weighted by Crippen LogP contribution is -2.40. The molecule has 0 unspecified atom stereocenters. The highest BCUT2D eigenvalue weighted by molar-refractivity contribution is 7.89. The number of aromatic nitrogens is 7. The average molecular weight is 362 g/mol. The molecule has 132 valence electrons. The molecule has 3 aromatic heterocycles. The molecular formula is C14H18N8O2S. The molecule has 25 heavy (non-hydrogen) atoms. The third-order valence-corrected chi connectivity index (χ3v) is 5.94. The zero-order chi connectivity index (χ0) is 17.8. The number of aryl methyl sites for hydroxylation is 2. The lowest BCUT2D eigenvalue weighted by molar-refractivity contribution is 0.292. The van der Waals surface area contributed by atoms with Gasteiger partial charge in [0.05, 0.1) is 24.6 Å². The third kappa shape index (κ3) is 2.55. The highest BCUT2D eigenvalue weighted by Crippen LogP contribution is 2.29. The lowest BCUT2D eigenvalue weighted by Gasteiger charge is -2.31. The van der Waals surface area contributed by atoms with Crippen LogP contribution in [0.25, 0.3) is 11.4 Å². The van der Waals surface area contributed by atoms with Gasteiger partial charge in [-0.3, -0.25) is 4.68 Å². The highest BCUT2D eigenvalue weighted by Gasteiger charge is 2.35. The molecule has 0 aromatic carbocycles. The number of fused-ring (bicyclic) bond motifs is 1. The molecule has 0 radical (unpaired) electrons. The first kappa shape index (κ1) is 16.0. The Balaban J connectivity index is 1.70. The summed E-state index contributed by atoms with van der Waals surface area (Å²) in [6, 6.07) is -0.104. The van der Waals surface area contributed by atoms with E-state index in [1.165, 1.54) is 16.8 Å². The minimum Gasteiger partial charge on any atom is -0.339 e. The van der Waals surface area contributed by atoms with Crippen molar-refractivity contribution < 1.29 is 8.42 Å². The number of imidazole rings is 1. The van der Waals surface area contributed by atoms with Crippen molar-refractivity contribution in [1.82, 2.24) is 38.4 Å². The van der Waals surface area contributed by atoms with Crippen LogP contribution >= 0.6 is 0 Å². The van der Waals surface area contributed by atoms with Gasteiger partial charge in [-0.25, -0.2) is 13.4 Å². The first-order chi connectivity index (χ1) is 11.9. The minimum atomic E-state index is -3.66. The van der Waals surface area contributed by atoms with Crippen LogP contribution in [-0.2, 0) is 30.7 Å². The van der Waals surface area contributed by atoms with Crippen molar-refractivity contribution in [2.45, 2.75) is 24.5 Å². The fraction of sp³-hybridized carbons (Fsp3) is 0.429. The Hall–Kier alpha value is -2.53. The molecule has 0 fully saturated rings. The zero-order valence-corrected chi connectivity index (χ0v) is 14.9. The molecule has 0 amide bonds. The molecule has 0 saturated heterocycles. The Kier molecular flexibility index (Phi) is 3.51. The van der Waals surface area contributed by atoms with Crippen LogP contribution in [0, 0.1) is 0 Å². The number of rotatable bonds is 3. The van der Waals surface area contributed by atoms with E-state index in [1.54, 1.807) is 22.5 Å². The summed E-state index contributed by atoms with van der Waals surface area (Å²) in [6.45, 7) is 2.44. The van der Waals surface area contributed by atoms with Gasteiger partial charge >= 0.3 is 0 Å². The number of sulfonamides is 1. The molecule has 4 heterocycles. The Morgan fingerprint density at radius 2 is 2.00 bits per heavy atom. The van der Waals surface area contributed by atoms with Gasteiger partial charge in [-0.05, 0) is 6.92 Å². The zero-order valence-electron chi connectivity index (χ0n) is 14.1. The van der Waals surface area contributed by atoms with Gasteiger partial charge in [0.25, 0.3) is 10.0 Å². The van der Waals surface area contributed by atoms with Crippen LogP contribution in [0.5, 0.6) is 0 Å². The van der Waals surface area contributed by atoms with Crippen LogP contribution in [0.2, 0.25) is 0 Å². The van der Waals surface area contributed by atoms with Crippen LogP contribution in [0.4, 0.5) is 0 Å². The van der Waals surface area contributed by atoms with Gasteiger partial charge in [0, 0.05) is 39.1 Å². The van der Waals surface area contributed by atoms with Crippen molar-refractivity contribution in [2.75, 3.05) is 6.54 Å². The summed E-state index contributed by atoms with van der Waals surface area (Å²) in [5.41, 5.74) is 0.856. The van der Waals surface area contributed by atoms with Crippen LogP contribution in [0.15, 0.2) is 29.9 Å². The van der Waals surface area contributed by atoms with Gasteiger partial charge in [-0.15, -0.1) is 10.2 Å². The summed E-state index contributed by atoms with van der Waals surface area (Å²) in [6.07, 6.45) is 6.56. The summed E-state index contributed by atoms with van der Waals surface area (Å²) in [4.78, 5) is 3.98. The van der Waals surface area contributed by atoms with Crippen molar-refractivity contribution in [2.24, 2.45) is 14.1 Å². The van der Waals surface area contributed by atoms with Crippen LogP contribution in [0.1, 0.15) is 18.8 Å². The van der Waals surface area contributed by atoms with Crippen molar-refractivity contribution in [3.8, 4) is 11.4 Å². The van der Waals surface area contributed by atoms with Gasteiger partial charge < -0.3 is 9.13 Å². The fourth-order valence-electron chi connectivity index (χ4n) is 3.06. The monoisotopic (exact) mass is 362 g/mol. The third-order valence-electron chi connectivity index (χ3n) is 4.24. The number of hydrogen-bond donors (Lipinski definition) is 0. The smallest absolute Gasteiger partial charge is 0.262 e. The van der Waals surface area contributed by atoms with Crippen molar-refractivity contribution in [3.63, 3.8) is 0 Å². The largest absolute Gasteiger partial charge is 0.339 e. The lowest BCUT2D eigenvalue weighted by atomic mass is 10.2. The molecule has 1 aliphatic heterocycles. The van der Waals surface area contributed by atoms with E-state index >= 15 is 0 Å². The minimum absolute atomic E-state index is 0.0441. The van der Waals surface area contributed by atoms with E-state index in [0.717, 1.165) is 5.56 Å². The van der Waals surface area contributed by atoms with Crippen molar-refractivity contribution >= 4 is 10.0 Å². The van der Waals surface area contributed by atoms with E-state index in [2.05, 4.69) is 20.3 Å². The second-order valence-corrected chi connectivity index (χ2v) is 8.12. The maximum atomic E-state index is 12.8. The second-order valence-electron chi connectivity index (χ2n) is 6.24. The van der Waals surface area contributed by atoms with E-state index < -0.39 is 10.0 Å². The number of hydrogen-bond acceptors (Lipinski definition) is 6. The molecule has 0 aliphatic carbocycles. The highest BCUT2D eigenvalue weighted by atomic mass is 32.2. The molecule has 0 spiro atoms. The molecule has 3 aromatic rings. The van der Waals surface area contributed by atoms with E-state index in [9.17, 15) is 8.42 Å². The van der Waals surface area contributed by atoms with Gasteiger partial charge in [-0.2, -0.15) is 9.40 Å². The Bertz CT molecular complexity index is 1030. The summed E-state index contributed by atoms with van der Waals surface area (Å²) in [5, 5.41) is 12.6. The molecule has 0 bridgehead atoms. The van der Waals surface area contributed by atoms with Gasteiger partial charge in [-0.1, -0.05) is 0 Å². The van der Waals surface area contributed by atoms with Crippen molar-refractivity contribution in [1.29, 1.82) is 0 Å². The molecule has 1 aliphatic rings. The molecular weight excluding hydrogens is 344 g/mol. The molecule has 4 rings (SSSR count). The summed E-state index contributed by atoms with van der Waals surface area (Å²) in [7, 11) is -0.0916. The topological polar surface area (TPSA) is 104 Å². The van der Waals surface area contributed by atoms with Gasteiger partial charge in [0.1, 0.15) is 5.82 Å². The maximum Gasteiger partial charge on any atom is 0.262 e. The predicted octanol–water partition coefficient (Wildman–Crippen LogP) is 0.178. The molecule has 1 atom stereocenters.